The summed E-state index contributed by atoms with van der Waals surface area (Å²) in [5.74, 6) is 0. The second-order valence-electron chi connectivity index (χ2n) is 4.95. The zero-order chi connectivity index (χ0) is 14.4. The van der Waals surface area contributed by atoms with Crippen LogP contribution in [0.5, 0.6) is 0 Å². The minimum absolute atomic E-state index is 0.118. The first-order valence-electron chi connectivity index (χ1n) is 6.20. The van der Waals surface area contributed by atoms with Gasteiger partial charge >= 0.3 is 0 Å². The number of nitro groups is 1. The minimum atomic E-state index is -0.371. The van der Waals surface area contributed by atoms with E-state index in [1.165, 1.54) is 6.07 Å². The summed E-state index contributed by atoms with van der Waals surface area (Å²) in [6.45, 7) is 3.78. The lowest BCUT2D eigenvalue weighted by Crippen LogP contribution is -2.29. The SMILES string of the molecule is CC(CCN(C)C)NCc1cc(Br)cc([N+](=O)[O-])c1. The molecule has 1 atom stereocenters. The van der Waals surface area contributed by atoms with Crippen molar-refractivity contribution in [1.29, 1.82) is 0 Å². The molecule has 0 radical (unpaired) electrons. The van der Waals surface area contributed by atoms with Gasteiger partial charge in [0.2, 0.25) is 0 Å². The molecule has 0 bridgehead atoms. The van der Waals surface area contributed by atoms with E-state index in [1.54, 1.807) is 6.07 Å². The van der Waals surface area contributed by atoms with Crippen molar-refractivity contribution >= 4 is 21.6 Å². The molecule has 0 amide bonds. The fraction of sp³-hybridized carbons (Fsp3) is 0.538. The van der Waals surface area contributed by atoms with Crippen molar-refractivity contribution in [3.05, 3.63) is 38.3 Å². The Morgan fingerprint density at radius 1 is 1.42 bits per heavy atom. The number of non-ortho nitro benzene ring substituents is 1. The molecule has 1 aromatic rings. The van der Waals surface area contributed by atoms with Gasteiger partial charge in [-0.2, -0.15) is 0 Å². The quantitative estimate of drug-likeness (QED) is 0.617. The third-order valence-corrected chi connectivity index (χ3v) is 3.27. The normalized spacial score (nSPS) is 12.7. The lowest BCUT2D eigenvalue weighted by atomic mass is 10.1. The van der Waals surface area contributed by atoms with Gasteiger partial charge < -0.3 is 10.2 Å². The first kappa shape index (κ1) is 16.1. The number of rotatable bonds is 7. The van der Waals surface area contributed by atoms with Crippen molar-refractivity contribution < 1.29 is 4.92 Å². The number of nitro benzene ring substituents is 1. The van der Waals surface area contributed by atoms with Crippen LogP contribution in [-0.2, 0) is 6.54 Å². The predicted molar refractivity (Wildman–Crippen MR) is 80.3 cm³/mol. The van der Waals surface area contributed by atoms with Gasteiger partial charge in [-0.25, -0.2) is 0 Å². The molecule has 0 aliphatic carbocycles. The largest absolute Gasteiger partial charge is 0.310 e. The molecule has 1 rings (SSSR count). The number of hydrogen-bond acceptors (Lipinski definition) is 4. The average molecular weight is 330 g/mol. The molecule has 1 unspecified atom stereocenters. The number of halogens is 1. The number of benzene rings is 1. The van der Waals surface area contributed by atoms with Crippen molar-refractivity contribution in [2.75, 3.05) is 20.6 Å². The van der Waals surface area contributed by atoms with E-state index in [2.05, 4.69) is 33.1 Å². The Bertz CT molecular complexity index is 438. The Balaban J connectivity index is 2.55. The van der Waals surface area contributed by atoms with Crippen LogP contribution in [-0.4, -0.2) is 36.5 Å². The molecule has 1 aromatic carbocycles. The summed E-state index contributed by atoms with van der Waals surface area (Å²) in [5.41, 5.74) is 1.03. The molecule has 6 heteroatoms. The van der Waals surface area contributed by atoms with Gasteiger partial charge in [-0.1, -0.05) is 15.9 Å². The molecule has 0 aromatic heterocycles. The van der Waals surface area contributed by atoms with Crippen LogP contribution in [0.2, 0.25) is 0 Å². The molecule has 0 fully saturated rings. The molecule has 106 valence electrons. The monoisotopic (exact) mass is 329 g/mol. The Hall–Kier alpha value is -0.980. The molecule has 0 heterocycles. The fourth-order valence-electron chi connectivity index (χ4n) is 1.69. The Morgan fingerprint density at radius 2 is 2.11 bits per heavy atom. The van der Waals surface area contributed by atoms with Crippen LogP contribution < -0.4 is 5.32 Å². The molecule has 0 aliphatic rings. The van der Waals surface area contributed by atoms with Crippen molar-refractivity contribution in [3.8, 4) is 0 Å². The lowest BCUT2D eigenvalue weighted by molar-refractivity contribution is -0.385. The van der Waals surface area contributed by atoms with E-state index in [1.807, 2.05) is 20.2 Å². The average Bonchev–Trinajstić information content (AvgIpc) is 2.33. The highest BCUT2D eigenvalue weighted by Crippen LogP contribution is 2.21. The summed E-state index contributed by atoms with van der Waals surface area (Å²) in [6.07, 6.45) is 1.04. The maximum absolute atomic E-state index is 10.8. The predicted octanol–water partition coefficient (Wildman–Crippen LogP) is 2.79. The van der Waals surface area contributed by atoms with Crippen molar-refractivity contribution in [2.24, 2.45) is 0 Å². The molecule has 0 spiro atoms. The van der Waals surface area contributed by atoms with Gasteiger partial charge in [-0.15, -0.1) is 0 Å². The lowest BCUT2D eigenvalue weighted by Gasteiger charge is -2.16. The van der Waals surface area contributed by atoms with Gasteiger partial charge in [0.25, 0.3) is 5.69 Å². The summed E-state index contributed by atoms with van der Waals surface area (Å²) in [4.78, 5) is 12.5. The van der Waals surface area contributed by atoms with Gasteiger partial charge in [-0.05, 0) is 45.6 Å². The Kier molecular flexibility index (Phi) is 6.41. The van der Waals surface area contributed by atoms with E-state index in [-0.39, 0.29) is 10.6 Å². The van der Waals surface area contributed by atoms with E-state index in [0.717, 1.165) is 23.0 Å². The van der Waals surface area contributed by atoms with Crippen LogP contribution in [0.3, 0.4) is 0 Å². The van der Waals surface area contributed by atoms with E-state index >= 15 is 0 Å². The maximum Gasteiger partial charge on any atom is 0.270 e. The Morgan fingerprint density at radius 3 is 2.68 bits per heavy atom. The second kappa shape index (κ2) is 7.57. The standard InChI is InChI=1S/C13H20BrN3O2/c1-10(4-5-16(2)3)15-9-11-6-12(14)8-13(7-11)17(18)19/h6-8,10,15H,4-5,9H2,1-3H3. The number of hydrogen-bond donors (Lipinski definition) is 1. The topological polar surface area (TPSA) is 58.4 Å². The highest BCUT2D eigenvalue weighted by molar-refractivity contribution is 9.10. The zero-order valence-corrected chi connectivity index (χ0v) is 13.1. The van der Waals surface area contributed by atoms with E-state index < -0.39 is 0 Å². The third-order valence-electron chi connectivity index (χ3n) is 2.82. The van der Waals surface area contributed by atoms with Crippen LogP contribution in [0.1, 0.15) is 18.9 Å². The highest BCUT2D eigenvalue weighted by Gasteiger charge is 2.09. The van der Waals surface area contributed by atoms with Crippen LogP contribution in [0.25, 0.3) is 0 Å². The van der Waals surface area contributed by atoms with Gasteiger partial charge in [-0.3, -0.25) is 10.1 Å². The molecular formula is C13H20BrN3O2. The van der Waals surface area contributed by atoms with Crippen molar-refractivity contribution in [2.45, 2.75) is 25.9 Å². The summed E-state index contributed by atoms with van der Waals surface area (Å²) in [5, 5.41) is 14.2. The molecule has 0 aliphatic heterocycles. The van der Waals surface area contributed by atoms with Gasteiger partial charge in [0.15, 0.2) is 0 Å². The molecule has 1 N–H and O–H groups in total. The van der Waals surface area contributed by atoms with Crippen molar-refractivity contribution in [3.63, 3.8) is 0 Å². The van der Waals surface area contributed by atoms with Crippen LogP contribution >= 0.6 is 15.9 Å². The summed E-state index contributed by atoms with van der Waals surface area (Å²) in [6, 6.07) is 5.40. The highest BCUT2D eigenvalue weighted by atomic mass is 79.9. The van der Waals surface area contributed by atoms with Gasteiger partial charge in [0.05, 0.1) is 4.92 Å². The van der Waals surface area contributed by atoms with Crippen LogP contribution in [0.4, 0.5) is 5.69 Å². The van der Waals surface area contributed by atoms with Gasteiger partial charge in [0, 0.05) is 29.2 Å². The van der Waals surface area contributed by atoms with E-state index in [0.29, 0.717) is 12.6 Å². The van der Waals surface area contributed by atoms with E-state index in [9.17, 15) is 10.1 Å². The van der Waals surface area contributed by atoms with Crippen LogP contribution in [0.15, 0.2) is 22.7 Å². The zero-order valence-electron chi connectivity index (χ0n) is 11.5. The maximum atomic E-state index is 10.8. The van der Waals surface area contributed by atoms with Crippen LogP contribution in [0, 0.1) is 10.1 Å². The molecule has 5 nitrogen and oxygen atoms in total. The molecule has 0 saturated heterocycles. The molecule has 0 saturated carbocycles. The Labute approximate surface area is 122 Å². The third kappa shape index (κ3) is 6.13. The number of nitrogens with one attached hydrogen (secondary N) is 1. The fourth-order valence-corrected chi connectivity index (χ4v) is 2.22. The minimum Gasteiger partial charge on any atom is -0.310 e. The summed E-state index contributed by atoms with van der Waals surface area (Å²) in [7, 11) is 4.09. The second-order valence-corrected chi connectivity index (χ2v) is 5.86. The van der Waals surface area contributed by atoms with E-state index in [4.69, 9.17) is 0 Å². The first-order chi connectivity index (χ1) is 8.88. The summed E-state index contributed by atoms with van der Waals surface area (Å²) >= 11 is 3.30. The molecular weight excluding hydrogens is 310 g/mol. The van der Waals surface area contributed by atoms with Crippen molar-refractivity contribution in [1.82, 2.24) is 10.2 Å². The summed E-state index contributed by atoms with van der Waals surface area (Å²) < 4.78 is 0.736. The number of nitrogens with zero attached hydrogens (tertiary/aromatic N) is 2. The first-order valence-corrected chi connectivity index (χ1v) is 6.99. The smallest absolute Gasteiger partial charge is 0.270 e. The van der Waals surface area contributed by atoms with Gasteiger partial charge in [0.1, 0.15) is 0 Å². The molecule has 19 heavy (non-hydrogen) atoms.